The lowest BCUT2D eigenvalue weighted by Crippen LogP contribution is -2.30. The van der Waals surface area contributed by atoms with Crippen LogP contribution < -0.4 is 0 Å². The second-order valence-electron chi connectivity index (χ2n) is 25.8. The van der Waals surface area contributed by atoms with Gasteiger partial charge >= 0.3 is 39.5 Å². The largest absolute Gasteiger partial charge is 0.472 e. The first-order chi connectivity index (χ1) is 41.7. The Kier molecular flexibility index (Phi) is 56.6. The Bertz CT molecular complexity index is 1740. The summed E-state index contributed by atoms with van der Waals surface area (Å²) in [6.45, 7) is 14.0. The van der Waals surface area contributed by atoms with Crippen molar-refractivity contribution in [3.8, 4) is 0 Å². The van der Waals surface area contributed by atoms with Gasteiger partial charge in [0.05, 0.1) is 26.4 Å². The number of aliphatic hydroxyl groups excluding tert-OH is 1. The Hall–Kier alpha value is -1.94. The quantitative estimate of drug-likeness (QED) is 0.0222. The number of ether oxygens (including phenoxy) is 4. The van der Waals surface area contributed by atoms with Crippen molar-refractivity contribution in [1.29, 1.82) is 0 Å². The average Bonchev–Trinajstić information content (AvgIpc) is 3.71. The molecule has 0 aromatic carbocycles. The highest BCUT2D eigenvalue weighted by Gasteiger charge is 2.30. The number of carbonyl (C=O) groups excluding carboxylic acids is 4. The van der Waals surface area contributed by atoms with Crippen LogP contribution in [0.25, 0.3) is 0 Å². The molecule has 5 unspecified atom stereocenters. The van der Waals surface area contributed by atoms with Crippen LogP contribution in [0.2, 0.25) is 0 Å². The van der Waals surface area contributed by atoms with Gasteiger partial charge in [0.25, 0.3) is 0 Å². The summed E-state index contributed by atoms with van der Waals surface area (Å²) in [6.07, 6.45) is 39.2. The number of phosphoric acid groups is 2. The van der Waals surface area contributed by atoms with Gasteiger partial charge in [0.2, 0.25) is 0 Å². The first kappa shape index (κ1) is 85.1. The van der Waals surface area contributed by atoms with E-state index < -0.39 is 97.5 Å². The van der Waals surface area contributed by atoms with E-state index in [2.05, 4.69) is 55.4 Å². The van der Waals surface area contributed by atoms with Crippen LogP contribution in [-0.4, -0.2) is 96.7 Å². The Morgan fingerprint density at radius 2 is 0.552 bits per heavy atom. The number of phosphoric ester groups is 2. The normalized spacial score (nSPS) is 15.3. The Balaban J connectivity index is 5.21. The number of hydrogen-bond acceptors (Lipinski definition) is 15. The van der Waals surface area contributed by atoms with E-state index in [0.29, 0.717) is 31.6 Å². The van der Waals surface area contributed by atoms with E-state index in [9.17, 15) is 43.2 Å². The number of carbonyl (C=O) groups is 4. The van der Waals surface area contributed by atoms with Crippen molar-refractivity contribution in [1.82, 2.24) is 0 Å². The highest BCUT2D eigenvalue weighted by atomic mass is 31.2. The maximum Gasteiger partial charge on any atom is 0.472 e. The molecule has 516 valence electrons. The molecule has 0 aliphatic heterocycles. The Morgan fingerprint density at radius 1 is 0.322 bits per heavy atom. The second-order valence-corrected chi connectivity index (χ2v) is 28.7. The standard InChI is InChI=1S/C68H132O17P2/c1-9-59(6)45-37-29-20-18-16-14-12-13-15-17-19-21-34-42-50-67(72)84-63(54-78-65(70)48-40-32-26-23-30-38-46-60(7)10-2)56-82-86(74,75)80-52-62(69)53-81-87(76,77)83-57-64(85-68(73)51-43-35-25-22-28-36-44-58(4)5)55-79-66(71)49-41-33-27-24-31-39-47-61(8)11-3/h58-64,69H,9-57H2,1-8H3,(H,74,75)(H,76,77)/t59?,60?,61?,62-,63+,64+/m0/s1. The minimum Gasteiger partial charge on any atom is -0.462 e. The number of hydrogen-bond donors (Lipinski definition) is 3. The summed E-state index contributed by atoms with van der Waals surface area (Å²) in [4.78, 5) is 72.3. The van der Waals surface area contributed by atoms with Crippen molar-refractivity contribution < 1.29 is 80.2 Å². The van der Waals surface area contributed by atoms with Crippen molar-refractivity contribution in [3.63, 3.8) is 0 Å². The third-order valence-corrected chi connectivity index (χ3v) is 18.6. The van der Waals surface area contributed by atoms with Gasteiger partial charge in [-0.1, -0.05) is 280 Å². The van der Waals surface area contributed by atoms with Crippen molar-refractivity contribution in [2.45, 2.75) is 350 Å². The number of esters is 4. The number of aliphatic hydroxyl groups is 1. The zero-order chi connectivity index (χ0) is 64.7. The van der Waals surface area contributed by atoms with Crippen molar-refractivity contribution in [2.75, 3.05) is 39.6 Å². The summed E-state index contributed by atoms with van der Waals surface area (Å²) in [5.41, 5.74) is 0. The van der Waals surface area contributed by atoms with E-state index in [-0.39, 0.29) is 25.7 Å². The van der Waals surface area contributed by atoms with Crippen LogP contribution in [0.4, 0.5) is 0 Å². The van der Waals surface area contributed by atoms with Crippen molar-refractivity contribution in [2.24, 2.45) is 23.7 Å². The highest BCUT2D eigenvalue weighted by Crippen LogP contribution is 2.45. The smallest absolute Gasteiger partial charge is 0.462 e. The lowest BCUT2D eigenvalue weighted by molar-refractivity contribution is -0.161. The summed E-state index contributed by atoms with van der Waals surface area (Å²) in [6, 6.07) is 0. The average molecular weight is 1280 g/mol. The van der Waals surface area contributed by atoms with Gasteiger partial charge in [-0.3, -0.25) is 37.3 Å². The molecule has 0 fully saturated rings. The molecule has 87 heavy (non-hydrogen) atoms. The zero-order valence-corrected chi connectivity index (χ0v) is 58.4. The summed E-state index contributed by atoms with van der Waals surface area (Å²) in [5, 5.41) is 10.6. The van der Waals surface area contributed by atoms with E-state index in [1.165, 1.54) is 122 Å². The maximum atomic E-state index is 13.0. The van der Waals surface area contributed by atoms with Gasteiger partial charge in [-0.2, -0.15) is 0 Å². The van der Waals surface area contributed by atoms with Gasteiger partial charge in [-0.05, 0) is 49.4 Å². The Morgan fingerprint density at radius 3 is 0.816 bits per heavy atom. The topological polar surface area (TPSA) is 237 Å². The molecular formula is C68H132O17P2. The maximum absolute atomic E-state index is 13.0. The molecule has 0 radical (unpaired) electrons. The molecule has 0 spiro atoms. The highest BCUT2D eigenvalue weighted by molar-refractivity contribution is 7.47. The Labute approximate surface area is 530 Å². The molecule has 0 heterocycles. The van der Waals surface area contributed by atoms with E-state index in [4.69, 9.17) is 37.0 Å². The molecule has 0 aromatic heterocycles. The molecule has 0 amide bonds. The van der Waals surface area contributed by atoms with Crippen LogP contribution in [0.1, 0.15) is 331 Å². The van der Waals surface area contributed by atoms with Gasteiger partial charge in [-0.15, -0.1) is 0 Å². The fourth-order valence-corrected chi connectivity index (χ4v) is 11.6. The van der Waals surface area contributed by atoms with Crippen LogP contribution in [0, 0.1) is 23.7 Å². The molecule has 17 nitrogen and oxygen atoms in total. The lowest BCUT2D eigenvalue weighted by atomic mass is 9.99. The molecule has 0 saturated heterocycles. The summed E-state index contributed by atoms with van der Waals surface area (Å²) < 4.78 is 68.1. The van der Waals surface area contributed by atoms with Gasteiger partial charge in [0, 0.05) is 25.7 Å². The monoisotopic (exact) mass is 1280 g/mol. The molecule has 0 bridgehead atoms. The van der Waals surface area contributed by atoms with E-state index in [0.717, 1.165) is 120 Å². The molecule has 0 aliphatic rings. The van der Waals surface area contributed by atoms with Crippen LogP contribution in [0.5, 0.6) is 0 Å². The molecular weight excluding hydrogens is 1150 g/mol. The van der Waals surface area contributed by atoms with E-state index >= 15 is 0 Å². The minimum absolute atomic E-state index is 0.101. The van der Waals surface area contributed by atoms with E-state index in [1.807, 2.05) is 0 Å². The third kappa shape index (κ3) is 58.9. The number of unbranched alkanes of at least 4 members (excludes halogenated alkanes) is 28. The fraction of sp³-hybridized carbons (Fsp3) is 0.941. The predicted octanol–water partition coefficient (Wildman–Crippen LogP) is 18.9. The zero-order valence-electron chi connectivity index (χ0n) is 56.6. The predicted molar refractivity (Wildman–Crippen MR) is 349 cm³/mol. The van der Waals surface area contributed by atoms with Gasteiger partial charge in [-0.25, -0.2) is 9.13 Å². The molecule has 3 N–H and O–H groups in total. The van der Waals surface area contributed by atoms with Crippen LogP contribution in [0.15, 0.2) is 0 Å². The molecule has 8 atom stereocenters. The van der Waals surface area contributed by atoms with Gasteiger partial charge in [0.15, 0.2) is 12.2 Å². The first-order valence-corrected chi connectivity index (χ1v) is 38.3. The van der Waals surface area contributed by atoms with Crippen LogP contribution in [0.3, 0.4) is 0 Å². The summed E-state index contributed by atoms with van der Waals surface area (Å²) >= 11 is 0. The SMILES string of the molecule is CCC(C)CCCCCCCCCCCCCCCCC(=O)O[C@H](COC(=O)CCCCCCCCC(C)CC)COP(=O)(O)OC[C@H](O)COP(=O)(O)OC[C@@H](COC(=O)CCCCCCCCC(C)CC)OC(=O)CCCCCCCCC(C)C. The minimum atomic E-state index is -4.95. The van der Waals surface area contributed by atoms with E-state index in [1.54, 1.807) is 0 Å². The van der Waals surface area contributed by atoms with Crippen molar-refractivity contribution in [3.05, 3.63) is 0 Å². The first-order valence-electron chi connectivity index (χ1n) is 35.3. The van der Waals surface area contributed by atoms with Gasteiger partial charge in [0.1, 0.15) is 19.3 Å². The molecule has 19 heteroatoms. The molecule has 0 saturated carbocycles. The lowest BCUT2D eigenvalue weighted by Gasteiger charge is -2.21. The number of rotatable bonds is 65. The fourth-order valence-electron chi connectivity index (χ4n) is 10.0. The summed E-state index contributed by atoms with van der Waals surface area (Å²) in [5.74, 6) is 0.838. The van der Waals surface area contributed by atoms with Crippen LogP contribution >= 0.6 is 15.6 Å². The molecule has 0 aliphatic carbocycles. The van der Waals surface area contributed by atoms with Crippen molar-refractivity contribution >= 4 is 39.5 Å². The molecule has 0 rings (SSSR count). The third-order valence-electron chi connectivity index (χ3n) is 16.7. The van der Waals surface area contributed by atoms with Crippen LogP contribution in [-0.2, 0) is 65.4 Å². The molecule has 0 aromatic rings. The van der Waals surface area contributed by atoms with Gasteiger partial charge < -0.3 is 33.8 Å². The second kappa shape index (κ2) is 57.9. The summed E-state index contributed by atoms with van der Waals surface area (Å²) in [7, 11) is -9.90.